The highest BCUT2D eigenvalue weighted by molar-refractivity contribution is 7.12. The van der Waals surface area contributed by atoms with Crippen molar-refractivity contribution in [3.05, 3.63) is 33.5 Å². The number of hydrazine groups is 1. The molecule has 5 nitrogen and oxygen atoms in total. The molecule has 1 atom stereocenters. The number of hydrogen-bond donors (Lipinski definition) is 2. The van der Waals surface area contributed by atoms with Gasteiger partial charge in [0, 0.05) is 22.2 Å². The van der Waals surface area contributed by atoms with Crippen molar-refractivity contribution in [1.29, 1.82) is 0 Å². The molecule has 1 aliphatic carbocycles. The molecule has 0 saturated carbocycles. The van der Waals surface area contributed by atoms with Gasteiger partial charge in [-0.15, -0.1) is 11.3 Å². The Bertz CT molecular complexity index is 577. The van der Waals surface area contributed by atoms with E-state index in [4.69, 9.17) is 5.84 Å². The normalized spacial score (nSPS) is 16.2. The molecule has 3 rings (SSSR count). The minimum atomic E-state index is 0.113. The molecule has 0 aliphatic heterocycles. The van der Waals surface area contributed by atoms with Crippen molar-refractivity contribution in [3.8, 4) is 0 Å². The van der Waals surface area contributed by atoms with E-state index < -0.39 is 0 Å². The van der Waals surface area contributed by atoms with E-state index in [2.05, 4.69) is 35.4 Å². The summed E-state index contributed by atoms with van der Waals surface area (Å²) in [7, 11) is 0. The van der Waals surface area contributed by atoms with Gasteiger partial charge in [-0.3, -0.25) is 11.3 Å². The lowest BCUT2D eigenvalue weighted by atomic mass is 9.98. The van der Waals surface area contributed by atoms with Crippen LogP contribution in [-0.4, -0.2) is 14.8 Å². The molecule has 0 radical (unpaired) electrons. The van der Waals surface area contributed by atoms with Crippen molar-refractivity contribution in [3.63, 3.8) is 0 Å². The molecule has 21 heavy (non-hydrogen) atoms. The molecule has 3 N–H and O–H groups in total. The fourth-order valence-electron chi connectivity index (χ4n) is 2.96. The van der Waals surface area contributed by atoms with Gasteiger partial charge < -0.3 is 0 Å². The molecule has 0 amide bonds. The highest BCUT2D eigenvalue weighted by Crippen LogP contribution is 2.33. The van der Waals surface area contributed by atoms with Crippen LogP contribution in [0.5, 0.6) is 0 Å². The lowest BCUT2D eigenvalue weighted by molar-refractivity contribution is 0.471. The smallest absolute Gasteiger partial charge is 0.138 e. The van der Waals surface area contributed by atoms with E-state index in [9.17, 15) is 0 Å². The molecular formula is C15H23N5S. The SMILES string of the molecule is CC(C)n1ncnc1CC(NN)c1cc2c(s1)CCCC2. The van der Waals surface area contributed by atoms with E-state index >= 15 is 0 Å². The van der Waals surface area contributed by atoms with Gasteiger partial charge >= 0.3 is 0 Å². The molecule has 6 heteroatoms. The van der Waals surface area contributed by atoms with Crippen molar-refractivity contribution in [2.45, 2.75) is 58.0 Å². The second kappa shape index (κ2) is 6.25. The van der Waals surface area contributed by atoms with Gasteiger partial charge in [0.15, 0.2) is 0 Å². The van der Waals surface area contributed by atoms with E-state index in [1.165, 1.54) is 36.1 Å². The molecule has 0 spiro atoms. The van der Waals surface area contributed by atoms with Gasteiger partial charge in [0.25, 0.3) is 0 Å². The zero-order valence-electron chi connectivity index (χ0n) is 12.7. The van der Waals surface area contributed by atoms with E-state index in [1.54, 1.807) is 11.2 Å². The minimum Gasteiger partial charge on any atom is -0.271 e. The Hall–Kier alpha value is -1.24. The Labute approximate surface area is 129 Å². The van der Waals surface area contributed by atoms with E-state index in [1.807, 2.05) is 16.0 Å². The van der Waals surface area contributed by atoms with Crippen molar-refractivity contribution < 1.29 is 0 Å². The minimum absolute atomic E-state index is 0.113. The number of rotatable bonds is 5. The van der Waals surface area contributed by atoms with Crippen LogP contribution in [0.15, 0.2) is 12.4 Å². The molecule has 1 unspecified atom stereocenters. The summed E-state index contributed by atoms with van der Waals surface area (Å²) in [5, 5.41) is 4.30. The third-order valence-electron chi connectivity index (χ3n) is 4.08. The van der Waals surface area contributed by atoms with Gasteiger partial charge in [-0.25, -0.2) is 9.67 Å². The number of nitrogens with zero attached hydrogens (tertiary/aromatic N) is 3. The summed E-state index contributed by atoms with van der Waals surface area (Å²) in [6, 6.07) is 2.76. The summed E-state index contributed by atoms with van der Waals surface area (Å²) in [4.78, 5) is 7.26. The summed E-state index contributed by atoms with van der Waals surface area (Å²) in [5.74, 6) is 6.79. The van der Waals surface area contributed by atoms with Crippen LogP contribution in [0.2, 0.25) is 0 Å². The zero-order chi connectivity index (χ0) is 14.8. The number of fused-ring (bicyclic) bond motifs is 1. The van der Waals surface area contributed by atoms with Crippen LogP contribution in [0.1, 0.15) is 59.9 Å². The average Bonchev–Trinajstić information content (AvgIpc) is 3.10. The van der Waals surface area contributed by atoms with Crippen molar-refractivity contribution in [2.24, 2.45) is 5.84 Å². The fourth-order valence-corrected chi connectivity index (χ4v) is 4.28. The molecule has 114 valence electrons. The Morgan fingerprint density at radius 3 is 2.90 bits per heavy atom. The van der Waals surface area contributed by atoms with Crippen LogP contribution in [0.3, 0.4) is 0 Å². The predicted molar refractivity (Wildman–Crippen MR) is 85.1 cm³/mol. The Morgan fingerprint density at radius 1 is 1.38 bits per heavy atom. The van der Waals surface area contributed by atoms with Crippen molar-refractivity contribution in [2.75, 3.05) is 0 Å². The van der Waals surface area contributed by atoms with Crippen LogP contribution in [-0.2, 0) is 19.3 Å². The van der Waals surface area contributed by atoms with Gasteiger partial charge in [-0.1, -0.05) is 0 Å². The third kappa shape index (κ3) is 3.02. The summed E-state index contributed by atoms with van der Waals surface area (Å²) in [6.07, 6.45) is 7.46. The maximum atomic E-state index is 5.80. The fraction of sp³-hybridized carbons (Fsp3) is 0.600. The van der Waals surface area contributed by atoms with Gasteiger partial charge in [0.1, 0.15) is 12.2 Å². The standard InChI is InChI=1S/C15H23N5S/c1-10(2)20-15(17-9-18-20)8-12(19-16)14-7-11-5-3-4-6-13(11)21-14/h7,9-10,12,19H,3-6,8,16H2,1-2H3. The molecule has 2 heterocycles. The molecular weight excluding hydrogens is 282 g/mol. The summed E-state index contributed by atoms with van der Waals surface area (Å²) in [5.41, 5.74) is 4.48. The van der Waals surface area contributed by atoms with E-state index in [0.29, 0.717) is 6.04 Å². The highest BCUT2D eigenvalue weighted by Gasteiger charge is 2.21. The van der Waals surface area contributed by atoms with Crippen LogP contribution in [0.4, 0.5) is 0 Å². The molecule has 0 saturated heterocycles. The number of nitrogens with two attached hydrogens (primary N) is 1. The first-order chi connectivity index (χ1) is 10.2. The average molecular weight is 305 g/mol. The maximum absolute atomic E-state index is 5.80. The van der Waals surface area contributed by atoms with Crippen LogP contribution in [0.25, 0.3) is 0 Å². The van der Waals surface area contributed by atoms with Gasteiger partial charge in [-0.05, 0) is 51.2 Å². The number of aryl methyl sites for hydroxylation is 2. The second-order valence-electron chi connectivity index (χ2n) is 5.94. The monoisotopic (exact) mass is 305 g/mol. The Morgan fingerprint density at radius 2 is 2.19 bits per heavy atom. The number of aromatic nitrogens is 3. The number of hydrogen-bond acceptors (Lipinski definition) is 5. The molecule has 1 aliphatic rings. The first kappa shape index (κ1) is 14.7. The Kier molecular flexibility index (Phi) is 4.37. The molecule has 0 aromatic carbocycles. The predicted octanol–water partition coefficient (Wildman–Crippen LogP) is 2.55. The number of thiophene rings is 1. The summed E-state index contributed by atoms with van der Waals surface area (Å²) < 4.78 is 1.97. The molecule has 0 fully saturated rings. The summed E-state index contributed by atoms with van der Waals surface area (Å²) >= 11 is 1.90. The topological polar surface area (TPSA) is 68.8 Å². The largest absolute Gasteiger partial charge is 0.271 e. The first-order valence-corrected chi connectivity index (χ1v) is 8.46. The van der Waals surface area contributed by atoms with E-state index in [0.717, 1.165) is 12.2 Å². The van der Waals surface area contributed by atoms with Gasteiger partial charge in [-0.2, -0.15) is 5.10 Å². The number of nitrogens with one attached hydrogen (secondary N) is 1. The Balaban J connectivity index is 1.81. The van der Waals surface area contributed by atoms with Crippen molar-refractivity contribution in [1.82, 2.24) is 20.2 Å². The second-order valence-corrected chi connectivity index (χ2v) is 7.11. The third-order valence-corrected chi connectivity index (χ3v) is 5.43. The quantitative estimate of drug-likeness (QED) is 0.658. The van der Waals surface area contributed by atoms with Gasteiger partial charge in [0.05, 0.1) is 6.04 Å². The van der Waals surface area contributed by atoms with Crippen LogP contribution in [0, 0.1) is 0 Å². The zero-order valence-corrected chi connectivity index (χ0v) is 13.5. The van der Waals surface area contributed by atoms with E-state index in [-0.39, 0.29) is 6.04 Å². The van der Waals surface area contributed by atoms with Crippen LogP contribution >= 0.6 is 11.3 Å². The lowest BCUT2D eigenvalue weighted by Crippen LogP contribution is -2.30. The maximum Gasteiger partial charge on any atom is 0.138 e. The lowest BCUT2D eigenvalue weighted by Gasteiger charge is -2.15. The molecule has 2 aromatic rings. The van der Waals surface area contributed by atoms with Crippen LogP contribution < -0.4 is 11.3 Å². The van der Waals surface area contributed by atoms with Crippen molar-refractivity contribution >= 4 is 11.3 Å². The molecule has 0 bridgehead atoms. The first-order valence-electron chi connectivity index (χ1n) is 7.65. The van der Waals surface area contributed by atoms with Gasteiger partial charge in [0.2, 0.25) is 0 Å². The summed E-state index contributed by atoms with van der Waals surface area (Å²) in [6.45, 7) is 4.24. The molecule has 2 aromatic heterocycles. The highest BCUT2D eigenvalue weighted by atomic mass is 32.1.